The molecule has 23 heavy (non-hydrogen) atoms. The van der Waals surface area contributed by atoms with Gasteiger partial charge in [0.05, 0.1) is 20.5 Å². The van der Waals surface area contributed by atoms with E-state index in [1.165, 1.54) is 0 Å². The van der Waals surface area contributed by atoms with E-state index >= 15 is 0 Å². The molecule has 0 N–H and O–H groups in total. The summed E-state index contributed by atoms with van der Waals surface area (Å²) < 4.78 is 15.9. The van der Waals surface area contributed by atoms with Gasteiger partial charge in [0.2, 0.25) is 0 Å². The number of carbonyl (C=O) groups is 1. The minimum atomic E-state index is 0.00610. The first-order chi connectivity index (χ1) is 11.2. The van der Waals surface area contributed by atoms with Crippen LogP contribution < -0.4 is 9.47 Å². The molecule has 0 unspecified atom stereocenters. The molecule has 4 heteroatoms. The lowest BCUT2D eigenvalue weighted by atomic mass is 10.0. The van der Waals surface area contributed by atoms with Gasteiger partial charge >= 0.3 is 0 Å². The summed E-state index contributed by atoms with van der Waals surface area (Å²) >= 11 is 0. The lowest BCUT2D eigenvalue weighted by molar-refractivity contribution is 0.0976. The van der Waals surface area contributed by atoms with E-state index in [1.807, 2.05) is 24.3 Å². The Kier molecular flexibility index (Phi) is 4.33. The Labute approximate surface area is 134 Å². The summed E-state index contributed by atoms with van der Waals surface area (Å²) in [7, 11) is 3.11. The van der Waals surface area contributed by atoms with Crippen molar-refractivity contribution in [2.45, 2.75) is 12.8 Å². The number of carbonyl (C=O) groups excluding carboxylic acids is 1. The Balaban J connectivity index is 1.79. The first-order valence-electron chi connectivity index (χ1n) is 7.43. The van der Waals surface area contributed by atoms with Crippen LogP contribution in [0.25, 0.3) is 11.0 Å². The van der Waals surface area contributed by atoms with Gasteiger partial charge in [-0.25, -0.2) is 0 Å². The zero-order valence-corrected chi connectivity index (χ0v) is 13.2. The van der Waals surface area contributed by atoms with Crippen molar-refractivity contribution in [1.82, 2.24) is 0 Å². The number of methoxy groups -OCH3 is 2. The molecule has 3 rings (SSSR count). The lowest BCUT2D eigenvalue weighted by Crippen LogP contribution is -2.06. The van der Waals surface area contributed by atoms with Crippen LogP contribution in [0.5, 0.6) is 11.5 Å². The minimum absolute atomic E-state index is 0.00610. The fraction of sp³-hybridized carbons (Fsp3) is 0.211. The van der Waals surface area contributed by atoms with Crippen LogP contribution in [0.3, 0.4) is 0 Å². The molecule has 1 aromatic heterocycles. The highest BCUT2D eigenvalue weighted by molar-refractivity contribution is 6.01. The van der Waals surface area contributed by atoms with E-state index in [1.54, 1.807) is 38.7 Å². The number of Topliss-reactive ketones (excluding diaryl/α,β-unsaturated/α-hetero) is 1. The Bertz CT molecular complexity index is 810. The molecule has 0 aliphatic heterocycles. The average molecular weight is 310 g/mol. The molecule has 0 aliphatic rings. The van der Waals surface area contributed by atoms with E-state index < -0.39 is 0 Å². The minimum Gasteiger partial charge on any atom is -0.496 e. The van der Waals surface area contributed by atoms with Gasteiger partial charge in [-0.15, -0.1) is 0 Å². The quantitative estimate of drug-likeness (QED) is 0.638. The molecule has 0 aliphatic carbocycles. The van der Waals surface area contributed by atoms with Gasteiger partial charge in [0, 0.05) is 11.8 Å². The molecular weight excluding hydrogens is 292 g/mol. The number of benzene rings is 2. The maximum absolute atomic E-state index is 12.6. The summed E-state index contributed by atoms with van der Waals surface area (Å²) in [6.45, 7) is 0. The first kappa shape index (κ1) is 15.2. The summed E-state index contributed by atoms with van der Waals surface area (Å²) in [4.78, 5) is 12.6. The molecule has 0 fully saturated rings. The van der Waals surface area contributed by atoms with Crippen LogP contribution >= 0.6 is 0 Å². The second-order valence-corrected chi connectivity index (χ2v) is 5.25. The largest absolute Gasteiger partial charge is 0.496 e. The number of ketones is 1. The standard InChI is InChI=1S/C19H18O4/c1-21-17-4-3-5-18(22-2)19(17)15(20)8-6-13-7-9-16-14(12-13)10-11-23-16/h3-5,7,9-12H,6,8H2,1-2H3. The number of fused-ring (bicyclic) bond motifs is 1. The van der Waals surface area contributed by atoms with Gasteiger partial charge in [0.15, 0.2) is 5.78 Å². The van der Waals surface area contributed by atoms with Gasteiger partial charge in [-0.05, 0) is 42.3 Å². The second kappa shape index (κ2) is 6.57. The zero-order chi connectivity index (χ0) is 16.2. The number of aryl methyl sites for hydroxylation is 1. The maximum Gasteiger partial charge on any atom is 0.170 e. The van der Waals surface area contributed by atoms with Crippen molar-refractivity contribution < 1.29 is 18.7 Å². The Hall–Kier alpha value is -2.75. The Morgan fingerprint density at radius 3 is 2.48 bits per heavy atom. The third-order valence-electron chi connectivity index (χ3n) is 3.86. The molecule has 0 saturated heterocycles. The van der Waals surface area contributed by atoms with Crippen molar-refractivity contribution in [1.29, 1.82) is 0 Å². The van der Waals surface area contributed by atoms with Crippen LogP contribution in [0.1, 0.15) is 22.3 Å². The van der Waals surface area contributed by atoms with Crippen molar-refractivity contribution in [3.05, 3.63) is 59.9 Å². The van der Waals surface area contributed by atoms with Crippen molar-refractivity contribution in [3.8, 4) is 11.5 Å². The third kappa shape index (κ3) is 3.06. The van der Waals surface area contributed by atoms with Gasteiger partial charge in [0.1, 0.15) is 22.6 Å². The molecule has 2 aromatic carbocycles. The van der Waals surface area contributed by atoms with Crippen molar-refractivity contribution >= 4 is 16.8 Å². The highest BCUT2D eigenvalue weighted by atomic mass is 16.5. The maximum atomic E-state index is 12.6. The van der Waals surface area contributed by atoms with Gasteiger partial charge < -0.3 is 13.9 Å². The number of ether oxygens (including phenoxy) is 2. The lowest BCUT2D eigenvalue weighted by Gasteiger charge is -2.12. The predicted octanol–water partition coefficient (Wildman–Crippen LogP) is 4.27. The Morgan fingerprint density at radius 1 is 1.04 bits per heavy atom. The number of furan rings is 1. The summed E-state index contributed by atoms with van der Waals surface area (Å²) in [5.74, 6) is 1.09. The monoisotopic (exact) mass is 310 g/mol. The smallest absolute Gasteiger partial charge is 0.170 e. The van der Waals surface area contributed by atoms with Crippen LogP contribution in [0.15, 0.2) is 53.1 Å². The average Bonchev–Trinajstić information content (AvgIpc) is 3.06. The highest BCUT2D eigenvalue weighted by Crippen LogP contribution is 2.30. The molecule has 0 amide bonds. The summed E-state index contributed by atoms with van der Waals surface area (Å²) in [5, 5.41) is 1.05. The van der Waals surface area contributed by atoms with E-state index in [9.17, 15) is 4.79 Å². The predicted molar refractivity (Wildman–Crippen MR) is 88.4 cm³/mol. The first-order valence-corrected chi connectivity index (χ1v) is 7.43. The van der Waals surface area contributed by atoms with Gasteiger partial charge in [-0.1, -0.05) is 12.1 Å². The molecule has 0 saturated carbocycles. The molecule has 0 radical (unpaired) electrons. The van der Waals surface area contributed by atoms with Gasteiger partial charge in [0.25, 0.3) is 0 Å². The topological polar surface area (TPSA) is 48.7 Å². The molecule has 3 aromatic rings. The van der Waals surface area contributed by atoms with Crippen molar-refractivity contribution in [3.63, 3.8) is 0 Å². The van der Waals surface area contributed by atoms with E-state index in [0.717, 1.165) is 16.5 Å². The van der Waals surface area contributed by atoms with E-state index in [0.29, 0.717) is 29.9 Å². The van der Waals surface area contributed by atoms with E-state index in [2.05, 4.69) is 0 Å². The second-order valence-electron chi connectivity index (χ2n) is 5.25. The fourth-order valence-corrected chi connectivity index (χ4v) is 2.68. The number of hydrogen-bond donors (Lipinski definition) is 0. The fourth-order valence-electron chi connectivity index (χ4n) is 2.68. The third-order valence-corrected chi connectivity index (χ3v) is 3.86. The SMILES string of the molecule is COc1cccc(OC)c1C(=O)CCc1ccc2occc2c1. The van der Waals surface area contributed by atoms with E-state index in [4.69, 9.17) is 13.9 Å². The number of hydrogen-bond acceptors (Lipinski definition) is 4. The highest BCUT2D eigenvalue weighted by Gasteiger charge is 2.17. The normalized spacial score (nSPS) is 10.7. The summed E-state index contributed by atoms with van der Waals surface area (Å²) in [5.41, 5.74) is 2.45. The van der Waals surface area contributed by atoms with Gasteiger partial charge in [-0.2, -0.15) is 0 Å². The summed E-state index contributed by atoms with van der Waals surface area (Å²) in [6, 6.07) is 13.2. The molecule has 0 atom stereocenters. The van der Waals surface area contributed by atoms with Crippen LogP contribution in [-0.2, 0) is 6.42 Å². The van der Waals surface area contributed by atoms with Crippen LogP contribution in [0, 0.1) is 0 Å². The van der Waals surface area contributed by atoms with Crippen molar-refractivity contribution in [2.24, 2.45) is 0 Å². The molecular formula is C19H18O4. The van der Waals surface area contributed by atoms with Gasteiger partial charge in [-0.3, -0.25) is 4.79 Å². The summed E-state index contributed by atoms with van der Waals surface area (Å²) in [6.07, 6.45) is 2.71. The zero-order valence-electron chi connectivity index (χ0n) is 13.2. The molecule has 0 bridgehead atoms. The van der Waals surface area contributed by atoms with Crippen LogP contribution in [0.4, 0.5) is 0 Å². The van der Waals surface area contributed by atoms with Crippen LogP contribution in [0.2, 0.25) is 0 Å². The van der Waals surface area contributed by atoms with Crippen LogP contribution in [-0.4, -0.2) is 20.0 Å². The number of rotatable bonds is 6. The molecule has 0 spiro atoms. The molecule has 118 valence electrons. The molecule has 4 nitrogen and oxygen atoms in total. The van der Waals surface area contributed by atoms with Crippen molar-refractivity contribution in [2.75, 3.05) is 14.2 Å². The van der Waals surface area contributed by atoms with E-state index in [-0.39, 0.29) is 5.78 Å². The Morgan fingerprint density at radius 2 is 1.78 bits per heavy atom. The molecule has 1 heterocycles.